The maximum absolute atomic E-state index is 12.2. The van der Waals surface area contributed by atoms with Gasteiger partial charge in [-0.25, -0.2) is 9.50 Å². The molecule has 11 heteroatoms. The Bertz CT molecular complexity index is 1570. The molecule has 4 aromatic heterocycles. The van der Waals surface area contributed by atoms with Gasteiger partial charge >= 0.3 is 0 Å². The highest BCUT2D eigenvalue weighted by Gasteiger charge is 2.41. The van der Waals surface area contributed by atoms with Gasteiger partial charge in [-0.3, -0.25) is 14.6 Å². The lowest BCUT2D eigenvalue weighted by molar-refractivity contribution is -0.153. The van der Waals surface area contributed by atoms with Crippen LogP contribution in [-0.4, -0.2) is 74.7 Å². The van der Waals surface area contributed by atoms with Crippen LogP contribution in [0.4, 0.5) is 11.6 Å². The zero-order valence-electron chi connectivity index (χ0n) is 22.6. The first kappa shape index (κ1) is 25.8. The van der Waals surface area contributed by atoms with E-state index in [0.29, 0.717) is 36.2 Å². The van der Waals surface area contributed by atoms with Gasteiger partial charge in [-0.05, 0) is 42.8 Å². The highest BCUT2D eigenvalue weighted by molar-refractivity contribution is 5.94. The van der Waals surface area contributed by atoms with E-state index in [9.17, 15) is 9.59 Å². The van der Waals surface area contributed by atoms with E-state index < -0.39 is 0 Å². The summed E-state index contributed by atoms with van der Waals surface area (Å²) < 4.78 is 14.1. The fourth-order valence-corrected chi connectivity index (χ4v) is 5.66. The Kier molecular flexibility index (Phi) is 6.81. The first-order valence-electron chi connectivity index (χ1n) is 13.3. The molecule has 6 heterocycles. The summed E-state index contributed by atoms with van der Waals surface area (Å²) in [5.74, 6) is 1.75. The molecule has 2 atom stereocenters. The van der Waals surface area contributed by atoms with Crippen molar-refractivity contribution in [2.24, 2.45) is 0 Å². The largest absolute Gasteiger partial charge is 0.488 e. The number of amides is 2. The van der Waals surface area contributed by atoms with Gasteiger partial charge in [-0.15, -0.1) is 0 Å². The van der Waals surface area contributed by atoms with E-state index in [1.807, 2.05) is 36.2 Å². The molecule has 40 heavy (non-hydrogen) atoms. The first-order chi connectivity index (χ1) is 19.4. The number of fused-ring (bicyclic) bond motifs is 3. The molecule has 0 saturated carbocycles. The Balaban J connectivity index is 1.25. The number of carbonyl (C=O) groups is 2. The number of ether oxygens (including phenoxy) is 2. The number of anilines is 2. The molecular formula is C29H31N7O4. The van der Waals surface area contributed by atoms with Crippen LogP contribution >= 0.6 is 0 Å². The van der Waals surface area contributed by atoms with Crippen LogP contribution in [0, 0.1) is 6.92 Å². The van der Waals surface area contributed by atoms with Crippen molar-refractivity contribution in [1.82, 2.24) is 29.8 Å². The van der Waals surface area contributed by atoms with Crippen LogP contribution in [0.15, 0.2) is 55.0 Å². The van der Waals surface area contributed by atoms with Gasteiger partial charge in [-0.1, -0.05) is 0 Å². The topological polar surface area (TPSA) is 123 Å². The Morgan fingerprint density at radius 2 is 1.85 bits per heavy atom. The summed E-state index contributed by atoms with van der Waals surface area (Å²) >= 11 is 0. The van der Waals surface area contributed by atoms with E-state index in [-0.39, 0.29) is 30.0 Å². The SMILES string of the molecule is CNC(=O)c1ccnc(Nc2cc3cc(-c4cc(C)ncc4OC4CC5COCC(C4)N5C(C)=O)ccn3n2)c1. The quantitative estimate of drug-likeness (QED) is 0.381. The minimum atomic E-state index is -0.184. The zero-order chi connectivity index (χ0) is 27.8. The van der Waals surface area contributed by atoms with Gasteiger partial charge in [0.1, 0.15) is 17.7 Å². The van der Waals surface area contributed by atoms with Crippen molar-refractivity contribution >= 4 is 29.0 Å². The molecule has 2 aliphatic rings. The minimum absolute atomic E-state index is 0.0254. The summed E-state index contributed by atoms with van der Waals surface area (Å²) in [5.41, 5.74) is 4.20. The second-order valence-corrected chi connectivity index (χ2v) is 10.3. The monoisotopic (exact) mass is 541 g/mol. The van der Waals surface area contributed by atoms with Gasteiger partial charge in [0.05, 0.1) is 37.0 Å². The van der Waals surface area contributed by atoms with Crippen molar-refractivity contribution in [2.45, 2.75) is 44.9 Å². The number of aromatic nitrogens is 4. The molecule has 2 fully saturated rings. The summed E-state index contributed by atoms with van der Waals surface area (Å²) in [6.07, 6.45) is 6.66. The highest BCUT2D eigenvalue weighted by Crippen LogP contribution is 2.36. The number of piperidine rings is 1. The molecule has 2 bridgehead atoms. The second kappa shape index (κ2) is 10.6. The molecule has 2 N–H and O–H groups in total. The number of nitrogens with zero attached hydrogens (tertiary/aromatic N) is 5. The van der Waals surface area contributed by atoms with Crippen LogP contribution in [0.3, 0.4) is 0 Å². The molecule has 0 radical (unpaired) electrons. The molecule has 2 saturated heterocycles. The maximum atomic E-state index is 12.2. The van der Waals surface area contributed by atoms with E-state index >= 15 is 0 Å². The number of pyridine rings is 3. The summed E-state index contributed by atoms with van der Waals surface area (Å²) in [5, 5.41) is 10.4. The van der Waals surface area contributed by atoms with E-state index in [1.165, 1.54) is 0 Å². The number of morpholine rings is 1. The molecule has 11 nitrogen and oxygen atoms in total. The average Bonchev–Trinajstić information content (AvgIpc) is 3.34. The lowest BCUT2D eigenvalue weighted by Crippen LogP contribution is -2.60. The van der Waals surface area contributed by atoms with Crippen LogP contribution in [0.1, 0.15) is 35.8 Å². The minimum Gasteiger partial charge on any atom is -0.488 e. The average molecular weight is 542 g/mol. The van der Waals surface area contributed by atoms with E-state index in [2.05, 4.69) is 31.8 Å². The number of aryl methyl sites for hydroxylation is 1. The Hall–Kier alpha value is -4.51. The van der Waals surface area contributed by atoms with Gasteiger partial charge < -0.3 is 25.0 Å². The Morgan fingerprint density at radius 3 is 2.60 bits per heavy atom. The molecule has 0 aromatic carbocycles. The molecule has 0 spiro atoms. The molecule has 6 rings (SSSR count). The van der Waals surface area contributed by atoms with Gasteiger partial charge in [-0.2, -0.15) is 5.10 Å². The smallest absolute Gasteiger partial charge is 0.251 e. The molecule has 2 aliphatic heterocycles. The molecule has 2 amide bonds. The van der Waals surface area contributed by atoms with E-state index in [1.54, 1.807) is 43.0 Å². The van der Waals surface area contributed by atoms with Crippen LogP contribution in [0.25, 0.3) is 16.6 Å². The highest BCUT2D eigenvalue weighted by atomic mass is 16.5. The molecule has 206 valence electrons. The number of rotatable bonds is 6. The first-order valence-corrected chi connectivity index (χ1v) is 13.3. The van der Waals surface area contributed by atoms with Gasteiger partial charge in [0.15, 0.2) is 5.82 Å². The van der Waals surface area contributed by atoms with Crippen molar-refractivity contribution in [3.63, 3.8) is 0 Å². The van der Waals surface area contributed by atoms with Gasteiger partial charge in [0.2, 0.25) is 5.91 Å². The predicted molar refractivity (Wildman–Crippen MR) is 149 cm³/mol. The van der Waals surface area contributed by atoms with Gasteiger partial charge in [0.25, 0.3) is 5.91 Å². The van der Waals surface area contributed by atoms with Crippen molar-refractivity contribution in [3.05, 3.63) is 66.2 Å². The lowest BCUT2D eigenvalue weighted by atomic mass is 9.91. The third-order valence-corrected chi connectivity index (χ3v) is 7.42. The standard InChI is InChI=1S/C29H31N7O4/c1-17-8-25(26(14-32-17)40-24-11-22-15-39-16-23(12-24)36(22)18(2)37)19-5-7-35-21(9-19)13-28(34-35)33-27-10-20(4-6-31-27)29(38)30-3/h4-10,13-14,22-24H,11-12,15-16H2,1-3H3,(H,30,38)(H,31,33,34). The third-order valence-electron chi connectivity index (χ3n) is 7.42. The Labute approximate surface area is 231 Å². The van der Waals surface area contributed by atoms with Crippen molar-refractivity contribution < 1.29 is 19.1 Å². The number of hydrogen-bond acceptors (Lipinski definition) is 8. The Morgan fingerprint density at radius 1 is 1.05 bits per heavy atom. The van der Waals surface area contributed by atoms with Gasteiger partial charge in [0, 0.05) is 62.1 Å². The van der Waals surface area contributed by atoms with Crippen molar-refractivity contribution in [3.8, 4) is 16.9 Å². The third kappa shape index (κ3) is 5.07. The zero-order valence-corrected chi connectivity index (χ0v) is 22.6. The predicted octanol–water partition coefficient (Wildman–Crippen LogP) is 3.36. The number of hydrogen-bond donors (Lipinski definition) is 2. The summed E-state index contributed by atoms with van der Waals surface area (Å²) in [7, 11) is 1.59. The lowest BCUT2D eigenvalue weighted by Gasteiger charge is -2.47. The summed E-state index contributed by atoms with van der Waals surface area (Å²) in [4.78, 5) is 35.0. The normalized spacial score (nSPS) is 20.3. The number of carbonyl (C=O) groups excluding carboxylic acids is 2. The van der Waals surface area contributed by atoms with Crippen molar-refractivity contribution in [1.29, 1.82) is 0 Å². The molecular weight excluding hydrogens is 510 g/mol. The fraction of sp³-hybridized carbons (Fsp3) is 0.345. The number of nitrogens with one attached hydrogen (secondary N) is 2. The molecule has 2 unspecified atom stereocenters. The molecule has 0 aliphatic carbocycles. The van der Waals surface area contributed by atoms with Crippen LogP contribution in [0.5, 0.6) is 5.75 Å². The molecule has 4 aromatic rings. The fourth-order valence-electron chi connectivity index (χ4n) is 5.66. The van der Waals surface area contributed by atoms with E-state index in [0.717, 1.165) is 35.2 Å². The summed E-state index contributed by atoms with van der Waals surface area (Å²) in [6, 6.07) is 11.4. The van der Waals surface area contributed by atoms with Crippen LogP contribution in [-0.2, 0) is 9.53 Å². The van der Waals surface area contributed by atoms with Crippen LogP contribution in [0.2, 0.25) is 0 Å². The van der Waals surface area contributed by atoms with E-state index in [4.69, 9.17) is 9.47 Å². The van der Waals surface area contributed by atoms with Crippen molar-refractivity contribution in [2.75, 3.05) is 25.6 Å². The van der Waals surface area contributed by atoms with Crippen LogP contribution < -0.4 is 15.4 Å². The summed E-state index contributed by atoms with van der Waals surface area (Å²) in [6.45, 7) is 4.66. The second-order valence-electron chi connectivity index (χ2n) is 10.3. The maximum Gasteiger partial charge on any atom is 0.251 e.